The highest BCUT2D eigenvalue weighted by Crippen LogP contribution is 2.30. The van der Waals surface area contributed by atoms with Gasteiger partial charge in [0.05, 0.1) is 18.3 Å². The molecule has 0 amide bonds. The van der Waals surface area contributed by atoms with Crippen LogP contribution in [0.3, 0.4) is 0 Å². The molecule has 0 saturated heterocycles. The van der Waals surface area contributed by atoms with Gasteiger partial charge >= 0.3 is 0 Å². The molecule has 1 aromatic heterocycles. The van der Waals surface area contributed by atoms with E-state index in [-0.39, 0.29) is 0 Å². The van der Waals surface area contributed by atoms with Crippen LogP contribution in [0.2, 0.25) is 5.02 Å². The Morgan fingerprint density at radius 1 is 1.11 bits per heavy atom. The van der Waals surface area contributed by atoms with E-state index in [0.29, 0.717) is 28.5 Å². The van der Waals surface area contributed by atoms with Crippen molar-refractivity contribution in [3.05, 3.63) is 58.7 Å². The van der Waals surface area contributed by atoms with Gasteiger partial charge in [-0.25, -0.2) is 0 Å². The lowest BCUT2D eigenvalue weighted by molar-refractivity contribution is 0.415. The van der Waals surface area contributed by atoms with Gasteiger partial charge in [-0.3, -0.25) is 0 Å². The van der Waals surface area contributed by atoms with E-state index in [1.165, 1.54) is 5.56 Å². The molecule has 140 valence electrons. The molecule has 0 fully saturated rings. The van der Waals surface area contributed by atoms with E-state index in [2.05, 4.69) is 64.8 Å². The van der Waals surface area contributed by atoms with Crippen LogP contribution in [-0.2, 0) is 0 Å². The van der Waals surface area contributed by atoms with Crippen molar-refractivity contribution in [3.8, 4) is 5.75 Å². The van der Waals surface area contributed by atoms with Gasteiger partial charge in [-0.2, -0.15) is 10.1 Å². The van der Waals surface area contributed by atoms with Crippen LogP contribution in [0.25, 0.3) is 0 Å². The van der Waals surface area contributed by atoms with Gasteiger partial charge in [-0.05, 0) is 42.2 Å². The molecule has 0 atom stereocenters. The molecule has 0 aliphatic carbocycles. The number of halogens is 1. The standard InChI is InChI=1S/C20H22ClN5O/c1-12(2)15-7-5-6-13(3)19(15)25-20-24-18(11-22-26-20)23-14-8-9-17(27-4)16(21)10-14/h5-12H,1-4H3,(H2,23,24,25,26). The lowest BCUT2D eigenvalue weighted by atomic mass is 9.98. The van der Waals surface area contributed by atoms with Crippen molar-refractivity contribution in [2.75, 3.05) is 17.7 Å². The van der Waals surface area contributed by atoms with Crippen LogP contribution in [0, 0.1) is 6.92 Å². The van der Waals surface area contributed by atoms with E-state index >= 15 is 0 Å². The van der Waals surface area contributed by atoms with Crippen LogP contribution >= 0.6 is 11.6 Å². The summed E-state index contributed by atoms with van der Waals surface area (Å²) in [5.41, 5.74) is 4.13. The Labute approximate surface area is 164 Å². The number of hydrogen-bond donors (Lipinski definition) is 2. The predicted molar refractivity (Wildman–Crippen MR) is 110 cm³/mol. The van der Waals surface area contributed by atoms with Crippen molar-refractivity contribution < 1.29 is 4.74 Å². The summed E-state index contributed by atoms with van der Waals surface area (Å²) in [7, 11) is 1.58. The summed E-state index contributed by atoms with van der Waals surface area (Å²) in [5, 5.41) is 15.2. The Kier molecular flexibility index (Phi) is 5.76. The van der Waals surface area contributed by atoms with E-state index in [4.69, 9.17) is 16.3 Å². The third kappa shape index (κ3) is 4.46. The zero-order chi connectivity index (χ0) is 19.4. The molecule has 0 spiro atoms. The van der Waals surface area contributed by atoms with Gasteiger partial charge < -0.3 is 15.4 Å². The number of para-hydroxylation sites is 1. The molecular formula is C20H22ClN5O. The topological polar surface area (TPSA) is 72.0 Å². The normalized spacial score (nSPS) is 10.7. The largest absolute Gasteiger partial charge is 0.495 e. The summed E-state index contributed by atoms with van der Waals surface area (Å²) in [6, 6.07) is 11.6. The molecule has 0 aliphatic heterocycles. The lowest BCUT2D eigenvalue weighted by Gasteiger charge is -2.16. The number of nitrogens with one attached hydrogen (secondary N) is 2. The van der Waals surface area contributed by atoms with E-state index in [1.807, 2.05) is 6.07 Å². The van der Waals surface area contributed by atoms with Gasteiger partial charge in [0.25, 0.3) is 0 Å². The molecule has 2 N–H and O–H groups in total. The maximum absolute atomic E-state index is 6.17. The van der Waals surface area contributed by atoms with Crippen LogP contribution in [0.1, 0.15) is 30.9 Å². The molecule has 1 heterocycles. The van der Waals surface area contributed by atoms with Crippen molar-refractivity contribution in [3.63, 3.8) is 0 Å². The summed E-state index contributed by atoms with van der Waals surface area (Å²) in [5.74, 6) is 1.98. The summed E-state index contributed by atoms with van der Waals surface area (Å²) >= 11 is 6.17. The summed E-state index contributed by atoms with van der Waals surface area (Å²) in [6.07, 6.45) is 1.56. The highest BCUT2D eigenvalue weighted by molar-refractivity contribution is 6.32. The van der Waals surface area contributed by atoms with Crippen molar-refractivity contribution in [2.24, 2.45) is 0 Å². The number of rotatable bonds is 6. The van der Waals surface area contributed by atoms with Gasteiger partial charge in [-0.1, -0.05) is 43.6 Å². The van der Waals surface area contributed by atoms with Crippen LogP contribution in [0.15, 0.2) is 42.6 Å². The fourth-order valence-corrected chi connectivity index (χ4v) is 3.02. The molecule has 27 heavy (non-hydrogen) atoms. The second-order valence-corrected chi connectivity index (χ2v) is 6.87. The fraction of sp³-hybridized carbons (Fsp3) is 0.250. The minimum Gasteiger partial charge on any atom is -0.495 e. The van der Waals surface area contributed by atoms with Gasteiger partial charge in [0.2, 0.25) is 5.95 Å². The minimum absolute atomic E-state index is 0.378. The van der Waals surface area contributed by atoms with Crippen LogP contribution in [-0.4, -0.2) is 22.3 Å². The monoisotopic (exact) mass is 383 g/mol. The van der Waals surface area contributed by atoms with E-state index < -0.39 is 0 Å². The molecule has 3 rings (SSSR count). The molecular weight excluding hydrogens is 362 g/mol. The zero-order valence-electron chi connectivity index (χ0n) is 15.7. The first-order valence-corrected chi connectivity index (χ1v) is 9.02. The van der Waals surface area contributed by atoms with Crippen LogP contribution in [0.4, 0.5) is 23.1 Å². The average Bonchev–Trinajstić information content (AvgIpc) is 2.64. The summed E-state index contributed by atoms with van der Waals surface area (Å²) < 4.78 is 5.17. The van der Waals surface area contributed by atoms with Crippen molar-refractivity contribution in [1.82, 2.24) is 15.2 Å². The second-order valence-electron chi connectivity index (χ2n) is 6.46. The summed E-state index contributed by atoms with van der Waals surface area (Å²) in [4.78, 5) is 4.51. The Hall–Kier alpha value is -2.86. The molecule has 2 aromatic carbocycles. The predicted octanol–water partition coefficient (Wildman–Crippen LogP) is 5.45. The van der Waals surface area contributed by atoms with Crippen molar-refractivity contribution in [2.45, 2.75) is 26.7 Å². The molecule has 0 bridgehead atoms. The first-order chi connectivity index (χ1) is 13.0. The maximum atomic E-state index is 6.17. The Morgan fingerprint density at radius 2 is 1.93 bits per heavy atom. The third-order valence-electron chi connectivity index (χ3n) is 4.15. The first-order valence-electron chi connectivity index (χ1n) is 8.64. The number of methoxy groups -OCH3 is 1. The van der Waals surface area contributed by atoms with Crippen molar-refractivity contribution in [1.29, 1.82) is 0 Å². The number of aryl methyl sites for hydroxylation is 1. The van der Waals surface area contributed by atoms with Crippen molar-refractivity contribution >= 4 is 34.7 Å². The number of anilines is 4. The molecule has 0 saturated carbocycles. The number of benzene rings is 2. The van der Waals surface area contributed by atoms with E-state index in [9.17, 15) is 0 Å². The lowest BCUT2D eigenvalue weighted by Crippen LogP contribution is -2.06. The first kappa shape index (κ1) is 18.9. The van der Waals surface area contributed by atoms with Crippen LogP contribution < -0.4 is 15.4 Å². The maximum Gasteiger partial charge on any atom is 0.249 e. The molecule has 0 aliphatic rings. The smallest absolute Gasteiger partial charge is 0.249 e. The fourth-order valence-electron chi connectivity index (χ4n) is 2.76. The zero-order valence-corrected chi connectivity index (χ0v) is 16.5. The SMILES string of the molecule is COc1ccc(Nc2cnnc(Nc3c(C)cccc3C(C)C)n2)cc1Cl. The molecule has 0 radical (unpaired) electrons. The molecule has 6 nitrogen and oxygen atoms in total. The Balaban J connectivity index is 1.84. The summed E-state index contributed by atoms with van der Waals surface area (Å²) in [6.45, 7) is 6.37. The molecule has 0 unspecified atom stereocenters. The second kappa shape index (κ2) is 8.22. The quantitative estimate of drug-likeness (QED) is 0.589. The third-order valence-corrected chi connectivity index (χ3v) is 4.44. The number of hydrogen-bond acceptors (Lipinski definition) is 6. The highest BCUT2D eigenvalue weighted by atomic mass is 35.5. The van der Waals surface area contributed by atoms with Gasteiger partial charge in [0.1, 0.15) is 5.75 Å². The molecule has 3 aromatic rings. The highest BCUT2D eigenvalue weighted by Gasteiger charge is 2.11. The average molecular weight is 384 g/mol. The van der Waals surface area contributed by atoms with Gasteiger partial charge in [-0.15, -0.1) is 5.10 Å². The number of nitrogens with zero attached hydrogens (tertiary/aromatic N) is 3. The Bertz CT molecular complexity index is 945. The van der Waals surface area contributed by atoms with Gasteiger partial charge in [0.15, 0.2) is 5.82 Å². The number of aromatic nitrogens is 3. The van der Waals surface area contributed by atoms with E-state index in [1.54, 1.807) is 25.4 Å². The Morgan fingerprint density at radius 3 is 2.63 bits per heavy atom. The number of ether oxygens (including phenoxy) is 1. The minimum atomic E-state index is 0.378. The van der Waals surface area contributed by atoms with Crippen LogP contribution in [0.5, 0.6) is 5.75 Å². The van der Waals surface area contributed by atoms with E-state index in [0.717, 1.165) is 16.9 Å². The van der Waals surface area contributed by atoms with Gasteiger partial charge in [0, 0.05) is 11.4 Å². The molecule has 7 heteroatoms.